The van der Waals surface area contributed by atoms with Gasteiger partial charge in [-0.1, -0.05) is 27.2 Å². The third kappa shape index (κ3) is 6.96. The van der Waals surface area contributed by atoms with E-state index < -0.39 is 39.3 Å². The Morgan fingerprint density at radius 2 is 1.81 bits per heavy atom. The standard InChI is InChI=1S/C26H32FNO7S/c1-16(2)21-11-5-17(3)13-23(21)35-25(29)15-34-26(30)18-6-12-22(27)24(14-18)36(31,32)28-19-7-9-20(33-4)10-8-19/h6-10,12,14,16-17,21,23,28H,5,11,13,15H2,1-4H3. The molecule has 1 fully saturated rings. The molecule has 2 aromatic carbocycles. The van der Waals surface area contributed by atoms with E-state index in [1.165, 1.54) is 19.2 Å². The number of sulfonamides is 1. The van der Waals surface area contributed by atoms with Crippen LogP contribution in [0.5, 0.6) is 5.75 Å². The Balaban J connectivity index is 1.65. The number of nitrogens with one attached hydrogen (secondary N) is 1. The lowest BCUT2D eigenvalue weighted by atomic mass is 9.75. The van der Waals surface area contributed by atoms with Crippen molar-refractivity contribution in [3.63, 3.8) is 0 Å². The number of carbonyl (C=O) groups excluding carboxylic acids is 2. The lowest BCUT2D eigenvalue weighted by Crippen LogP contribution is -2.36. The number of hydrogen-bond donors (Lipinski definition) is 1. The molecule has 0 radical (unpaired) electrons. The summed E-state index contributed by atoms with van der Waals surface area (Å²) < 4.78 is 57.8. The van der Waals surface area contributed by atoms with Crippen molar-refractivity contribution in [1.29, 1.82) is 0 Å². The average Bonchev–Trinajstić information content (AvgIpc) is 2.82. The van der Waals surface area contributed by atoms with E-state index in [9.17, 15) is 22.4 Å². The topological polar surface area (TPSA) is 108 Å². The monoisotopic (exact) mass is 521 g/mol. The van der Waals surface area contributed by atoms with Crippen molar-refractivity contribution in [2.75, 3.05) is 18.4 Å². The first-order chi connectivity index (χ1) is 17.0. The van der Waals surface area contributed by atoms with Gasteiger partial charge in [-0.15, -0.1) is 0 Å². The molecule has 0 spiro atoms. The highest BCUT2D eigenvalue weighted by atomic mass is 32.2. The predicted molar refractivity (Wildman–Crippen MR) is 132 cm³/mol. The number of ether oxygens (including phenoxy) is 3. The maximum atomic E-state index is 14.4. The van der Waals surface area contributed by atoms with Crippen molar-refractivity contribution in [3.8, 4) is 5.75 Å². The van der Waals surface area contributed by atoms with Gasteiger partial charge in [0.05, 0.1) is 12.7 Å². The molecule has 2 aromatic rings. The fourth-order valence-electron chi connectivity index (χ4n) is 4.37. The van der Waals surface area contributed by atoms with Gasteiger partial charge in [0.15, 0.2) is 6.61 Å². The zero-order valence-electron chi connectivity index (χ0n) is 20.8. The number of carbonyl (C=O) groups is 2. The lowest BCUT2D eigenvalue weighted by molar-refractivity contribution is -0.159. The molecule has 196 valence electrons. The molecule has 0 aliphatic heterocycles. The summed E-state index contributed by atoms with van der Waals surface area (Å²) in [5.74, 6) is -1.14. The number of hydrogen-bond acceptors (Lipinski definition) is 7. The minimum Gasteiger partial charge on any atom is -0.497 e. The van der Waals surface area contributed by atoms with Crippen LogP contribution < -0.4 is 9.46 Å². The van der Waals surface area contributed by atoms with E-state index in [1.54, 1.807) is 12.1 Å². The van der Waals surface area contributed by atoms with Gasteiger partial charge in [0, 0.05) is 5.69 Å². The van der Waals surface area contributed by atoms with E-state index >= 15 is 0 Å². The zero-order valence-corrected chi connectivity index (χ0v) is 21.6. The Bertz CT molecular complexity index is 1180. The first-order valence-corrected chi connectivity index (χ1v) is 13.3. The van der Waals surface area contributed by atoms with Gasteiger partial charge in [-0.05, 0) is 73.1 Å². The van der Waals surface area contributed by atoms with E-state index in [-0.39, 0.29) is 23.3 Å². The molecule has 0 heterocycles. The summed E-state index contributed by atoms with van der Waals surface area (Å²) in [6.07, 6.45) is 2.55. The van der Waals surface area contributed by atoms with E-state index in [2.05, 4.69) is 25.5 Å². The minimum absolute atomic E-state index is 0.183. The summed E-state index contributed by atoms with van der Waals surface area (Å²) in [5, 5.41) is 0. The maximum absolute atomic E-state index is 14.4. The molecule has 3 rings (SSSR count). The minimum atomic E-state index is -4.35. The lowest BCUT2D eigenvalue weighted by Gasteiger charge is -2.36. The quantitative estimate of drug-likeness (QED) is 0.473. The van der Waals surface area contributed by atoms with Crippen LogP contribution in [0.1, 0.15) is 50.4 Å². The van der Waals surface area contributed by atoms with Crippen LogP contribution in [0, 0.1) is 23.6 Å². The highest BCUT2D eigenvalue weighted by Crippen LogP contribution is 2.35. The first-order valence-electron chi connectivity index (χ1n) is 11.8. The predicted octanol–water partition coefficient (Wildman–Crippen LogP) is 4.80. The number of anilines is 1. The van der Waals surface area contributed by atoms with Crippen molar-refractivity contribution in [3.05, 3.63) is 53.8 Å². The van der Waals surface area contributed by atoms with Gasteiger partial charge >= 0.3 is 11.9 Å². The number of benzene rings is 2. The second-order valence-electron chi connectivity index (χ2n) is 9.41. The van der Waals surface area contributed by atoms with Gasteiger partial charge in [0.25, 0.3) is 10.0 Å². The molecular formula is C26H32FNO7S. The van der Waals surface area contributed by atoms with E-state index in [0.717, 1.165) is 37.5 Å². The van der Waals surface area contributed by atoms with Crippen LogP contribution in [0.2, 0.25) is 0 Å². The smallest absolute Gasteiger partial charge is 0.344 e. The average molecular weight is 522 g/mol. The second kappa shape index (κ2) is 11.7. The van der Waals surface area contributed by atoms with Crippen LogP contribution in [0.4, 0.5) is 10.1 Å². The molecule has 8 nitrogen and oxygen atoms in total. The molecule has 36 heavy (non-hydrogen) atoms. The van der Waals surface area contributed by atoms with Crippen LogP contribution in [0.15, 0.2) is 47.4 Å². The summed E-state index contributed by atoms with van der Waals surface area (Å²) in [5.41, 5.74) is -0.0340. The van der Waals surface area contributed by atoms with E-state index in [1.807, 2.05) is 0 Å². The molecule has 0 saturated heterocycles. The van der Waals surface area contributed by atoms with Crippen molar-refractivity contribution in [2.45, 2.75) is 51.0 Å². The third-order valence-electron chi connectivity index (χ3n) is 6.36. The molecule has 1 N–H and O–H groups in total. The number of methoxy groups -OCH3 is 1. The second-order valence-corrected chi connectivity index (χ2v) is 11.1. The van der Waals surface area contributed by atoms with Crippen molar-refractivity contribution >= 4 is 27.6 Å². The largest absolute Gasteiger partial charge is 0.497 e. The molecule has 1 saturated carbocycles. The van der Waals surface area contributed by atoms with E-state index in [4.69, 9.17) is 14.2 Å². The van der Waals surface area contributed by atoms with Gasteiger partial charge in [0.1, 0.15) is 22.6 Å². The zero-order chi connectivity index (χ0) is 26.5. The van der Waals surface area contributed by atoms with Crippen LogP contribution in [-0.2, 0) is 24.3 Å². The normalized spacial score (nSPS) is 20.0. The van der Waals surface area contributed by atoms with Gasteiger partial charge < -0.3 is 14.2 Å². The molecule has 10 heteroatoms. The third-order valence-corrected chi connectivity index (χ3v) is 7.76. The van der Waals surface area contributed by atoms with Crippen LogP contribution in [0.25, 0.3) is 0 Å². The Morgan fingerprint density at radius 3 is 2.44 bits per heavy atom. The SMILES string of the molecule is COc1ccc(NS(=O)(=O)c2cc(C(=O)OCC(=O)OC3CC(C)CCC3C(C)C)ccc2F)cc1. The Labute approximate surface area is 211 Å². The van der Waals surface area contributed by atoms with Crippen LogP contribution >= 0.6 is 0 Å². The van der Waals surface area contributed by atoms with Crippen LogP contribution in [-0.4, -0.2) is 40.2 Å². The van der Waals surface area contributed by atoms with Crippen molar-refractivity contribution < 1.29 is 36.6 Å². The summed E-state index contributed by atoms with van der Waals surface area (Å²) in [6.45, 7) is 5.66. The number of esters is 2. The molecular weight excluding hydrogens is 489 g/mol. The molecule has 1 aliphatic rings. The number of rotatable bonds is 9. The summed E-state index contributed by atoms with van der Waals surface area (Å²) in [7, 11) is -2.88. The Morgan fingerprint density at radius 1 is 1.11 bits per heavy atom. The fourth-order valence-corrected chi connectivity index (χ4v) is 5.53. The summed E-state index contributed by atoms with van der Waals surface area (Å²) in [6, 6.07) is 8.80. The molecule has 3 unspecified atom stereocenters. The molecule has 0 aromatic heterocycles. The fraction of sp³-hybridized carbons (Fsp3) is 0.462. The molecule has 3 atom stereocenters. The van der Waals surface area contributed by atoms with Gasteiger partial charge in [-0.25, -0.2) is 22.4 Å². The highest BCUT2D eigenvalue weighted by molar-refractivity contribution is 7.92. The molecule has 1 aliphatic carbocycles. The van der Waals surface area contributed by atoms with Crippen LogP contribution in [0.3, 0.4) is 0 Å². The Kier molecular flexibility index (Phi) is 8.94. The van der Waals surface area contributed by atoms with Gasteiger partial charge in [-0.2, -0.15) is 0 Å². The van der Waals surface area contributed by atoms with Crippen molar-refractivity contribution in [1.82, 2.24) is 0 Å². The summed E-state index contributed by atoms with van der Waals surface area (Å²) >= 11 is 0. The maximum Gasteiger partial charge on any atom is 0.344 e. The number of halogens is 1. The van der Waals surface area contributed by atoms with E-state index in [0.29, 0.717) is 17.6 Å². The summed E-state index contributed by atoms with van der Waals surface area (Å²) in [4.78, 5) is 24.2. The highest BCUT2D eigenvalue weighted by Gasteiger charge is 2.33. The molecule has 0 bridgehead atoms. The molecule has 0 amide bonds. The van der Waals surface area contributed by atoms with Crippen molar-refractivity contribution in [2.24, 2.45) is 17.8 Å². The first kappa shape index (κ1) is 27.4. The Hall–Kier alpha value is -3.14. The van der Waals surface area contributed by atoms with Gasteiger partial charge in [0.2, 0.25) is 0 Å². The van der Waals surface area contributed by atoms with Gasteiger partial charge in [-0.3, -0.25) is 4.72 Å².